The zero-order chi connectivity index (χ0) is 7.61. The van der Waals surface area contributed by atoms with Crippen molar-refractivity contribution in [2.45, 2.75) is 12.5 Å². The van der Waals surface area contributed by atoms with Crippen LogP contribution in [0.25, 0.3) is 0 Å². The third-order valence-electron chi connectivity index (χ3n) is 1.14. The molecule has 0 aromatic carbocycles. The third kappa shape index (κ3) is 3.81. The lowest BCUT2D eigenvalue weighted by molar-refractivity contribution is 0.288. The van der Waals surface area contributed by atoms with Crippen molar-refractivity contribution in [1.82, 2.24) is 0 Å². The van der Waals surface area contributed by atoms with Crippen molar-refractivity contribution < 1.29 is 17.3 Å². The Bertz CT molecular complexity index is 192. The molecule has 1 saturated heterocycles. The fourth-order valence-corrected chi connectivity index (χ4v) is 0.965. The molecule has 1 heterocycles. The van der Waals surface area contributed by atoms with Crippen LogP contribution >= 0.6 is 0 Å². The topological polar surface area (TPSA) is 55.9 Å². The summed E-state index contributed by atoms with van der Waals surface area (Å²) in [7, 11) is -3.25. The van der Waals surface area contributed by atoms with E-state index in [-0.39, 0.29) is 12.7 Å². The summed E-state index contributed by atoms with van der Waals surface area (Å²) in [5, 5.41) is 0. The van der Waals surface area contributed by atoms with E-state index in [1.54, 1.807) is 0 Å². The van der Waals surface area contributed by atoms with E-state index in [1.165, 1.54) is 0 Å². The van der Waals surface area contributed by atoms with E-state index in [1.807, 2.05) is 0 Å². The van der Waals surface area contributed by atoms with E-state index in [0.717, 1.165) is 12.9 Å². The number of ether oxygens (including phenoxy) is 1. The fourth-order valence-electron chi connectivity index (χ4n) is 0.566. The van der Waals surface area contributed by atoms with Gasteiger partial charge >= 0.3 is 0 Å². The predicted molar refractivity (Wildman–Crippen MR) is 35.2 cm³/mol. The van der Waals surface area contributed by atoms with Gasteiger partial charge in [-0.2, -0.15) is 8.42 Å². The van der Waals surface area contributed by atoms with E-state index in [9.17, 15) is 8.42 Å². The summed E-state index contributed by atoms with van der Waals surface area (Å²) >= 11 is 0. The first-order chi connectivity index (χ1) is 4.58. The van der Waals surface area contributed by atoms with Crippen molar-refractivity contribution in [3.63, 3.8) is 0 Å². The van der Waals surface area contributed by atoms with Crippen LogP contribution in [-0.2, 0) is 19.0 Å². The van der Waals surface area contributed by atoms with Gasteiger partial charge in [-0.3, -0.25) is 4.18 Å². The molecule has 1 atom stereocenters. The first-order valence-corrected chi connectivity index (χ1v) is 4.85. The average molecular weight is 166 g/mol. The van der Waals surface area contributed by atoms with Gasteiger partial charge in [0.25, 0.3) is 10.1 Å². The summed E-state index contributed by atoms with van der Waals surface area (Å²) in [5.41, 5.74) is 0. The van der Waals surface area contributed by atoms with E-state index in [4.69, 9.17) is 4.74 Å². The standard InChI is InChI=1S/C5H10O4S/c1-10(6,7)9-3-2-5-4-8-5/h5H,2-4H2,1H3. The van der Waals surface area contributed by atoms with E-state index < -0.39 is 10.1 Å². The SMILES string of the molecule is CS(=O)(=O)OCCC1CO1. The molecule has 0 bridgehead atoms. The quantitative estimate of drug-likeness (QED) is 0.427. The number of epoxide rings is 1. The normalized spacial score (nSPS) is 24.7. The minimum Gasteiger partial charge on any atom is -0.373 e. The second kappa shape index (κ2) is 2.86. The van der Waals surface area contributed by atoms with Crippen molar-refractivity contribution in [1.29, 1.82) is 0 Å². The molecule has 4 nitrogen and oxygen atoms in total. The van der Waals surface area contributed by atoms with Crippen LogP contribution in [-0.4, -0.2) is 34.0 Å². The summed E-state index contributed by atoms with van der Waals surface area (Å²) in [6.45, 7) is 0.983. The molecule has 60 valence electrons. The van der Waals surface area contributed by atoms with Crippen LogP contribution in [0.5, 0.6) is 0 Å². The molecule has 0 amide bonds. The predicted octanol–water partition coefficient (Wildman–Crippen LogP) is -0.249. The van der Waals surface area contributed by atoms with Crippen LogP contribution in [0, 0.1) is 0 Å². The molecule has 5 heteroatoms. The second-order valence-corrected chi connectivity index (χ2v) is 3.91. The van der Waals surface area contributed by atoms with Crippen molar-refractivity contribution in [2.24, 2.45) is 0 Å². The lowest BCUT2D eigenvalue weighted by Gasteiger charge is -1.96. The van der Waals surface area contributed by atoms with Crippen LogP contribution in [0.2, 0.25) is 0 Å². The smallest absolute Gasteiger partial charge is 0.264 e. The molecule has 0 spiro atoms. The van der Waals surface area contributed by atoms with Gasteiger partial charge < -0.3 is 4.74 Å². The maximum absolute atomic E-state index is 10.4. The lowest BCUT2D eigenvalue weighted by atomic mass is 10.4. The first kappa shape index (κ1) is 7.97. The van der Waals surface area contributed by atoms with Crippen molar-refractivity contribution in [3.05, 3.63) is 0 Å². The van der Waals surface area contributed by atoms with E-state index >= 15 is 0 Å². The molecule has 1 unspecified atom stereocenters. The molecule has 1 aliphatic heterocycles. The van der Waals surface area contributed by atoms with Crippen LogP contribution in [0.1, 0.15) is 6.42 Å². The molecular formula is C5H10O4S. The third-order valence-corrected chi connectivity index (χ3v) is 1.73. The summed E-state index contributed by atoms with van der Waals surface area (Å²) < 4.78 is 30.1. The molecule has 1 fully saturated rings. The molecule has 0 radical (unpaired) electrons. The molecule has 1 aliphatic rings. The zero-order valence-electron chi connectivity index (χ0n) is 5.74. The molecule has 10 heavy (non-hydrogen) atoms. The van der Waals surface area contributed by atoms with Gasteiger partial charge in [-0.15, -0.1) is 0 Å². The Kier molecular flexibility index (Phi) is 2.28. The Morgan fingerprint density at radius 1 is 1.70 bits per heavy atom. The lowest BCUT2D eigenvalue weighted by Crippen LogP contribution is -2.05. The van der Waals surface area contributed by atoms with Crippen LogP contribution in [0.4, 0.5) is 0 Å². The largest absolute Gasteiger partial charge is 0.373 e. The number of hydrogen-bond donors (Lipinski definition) is 0. The summed E-state index contributed by atoms with van der Waals surface area (Å²) in [6.07, 6.45) is 1.95. The van der Waals surface area contributed by atoms with Gasteiger partial charge in [0.1, 0.15) is 0 Å². The summed E-state index contributed by atoms with van der Waals surface area (Å²) in [5.74, 6) is 0. The van der Waals surface area contributed by atoms with Gasteiger partial charge in [0.2, 0.25) is 0 Å². The zero-order valence-corrected chi connectivity index (χ0v) is 6.56. The van der Waals surface area contributed by atoms with Crippen molar-refractivity contribution in [2.75, 3.05) is 19.5 Å². The molecule has 0 aromatic rings. The minimum atomic E-state index is -3.25. The highest BCUT2D eigenvalue weighted by molar-refractivity contribution is 7.85. The molecule has 0 saturated carbocycles. The van der Waals surface area contributed by atoms with Gasteiger partial charge in [-0.1, -0.05) is 0 Å². The monoisotopic (exact) mass is 166 g/mol. The number of hydrogen-bond acceptors (Lipinski definition) is 4. The van der Waals surface area contributed by atoms with Crippen LogP contribution < -0.4 is 0 Å². The average Bonchev–Trinajstić information content (AvgIpc) is 2.45. The Hall–Kier alpha value is -0.130. The van der Waals surface area contributed by atoms with Crippen LogP contribution in [0.15, 0.2) is 0 Å². The molecule has 0 aliphatic carbocycles. The maximum atomic E-state index is 10.4. The van der Waals surface area contributed by atoms with E-state index in [2.05, 4.69) is 4.18 Å². The van der Waals surface area contributed by atoms with Crippen LogP contribution in [0.3, 0.4) is 0 Å². The van der Waals surface area contributed by atoms with Crippen molar-refractivity contribution >= 4 is 10.1 Å². The second-order valence-electron chi connectivity index (χ2n) is 2.27. The highest BCUT2D eigenvalue weighted by Crippen LogP contribution is 2.13. The molecule has 0 aromatic heterocycles. The highest BCUT2D eigenvalue weighted by atomic mass is 32.2. The van der Waals surface area contributed by atoms with Gasteiger partial charge in [-0.05, 0) is 0 Å². The molecule has 1 rings (SSSR count). The maximum Gasteiger partial charge on any atom is 0.264 e. The highest BCUT2D eigenvalue weighted by Gasteiger charge is 2.22. The molecule has 0 N–H and O–H groups in total. The minimum absolute atomic E-state index is 0.238. The van der Waals surface area contributed by atoms with Gasteiger partial charge in [-0.25, -0.2) is 0 Å². The Morgan fingerprint density at radius 3 is 2.70 bits per heavy atom. The fraction of sp³-hybridized carbons (Fsp3) is 1.00. The Balaban J connectivity index is 2.04. The summed E-state index contributed by atoms with van der Waals surface area (Å²) in [4.78, 5) is 0. The van der Waals surface area contributed by atoms with Gasteiger partial charge in [0.05, 0.1) is 25.6 Å². The summed E-state index contributed by atoms with van der Waals surface area (Å²) in [6, 6.07) is 0. The van der Waals surface area contributed by atoms with E-state index in [0.29, 0.717) is 6.42 Å². The number of rotatable bonds is 4. The van der Waals surface area contributed by atoms with Crippen molar-refractivity contribution in [3.8, 4) is 0 Å². The van der Waals surface area contributed by atoms with Gasteiger partial charge in [0.15, 0.2) is 0 Å². The Labute approximate surface area is 60.3 Å². The molecular weight excluding hydrogens is 156 g/mol. The first-order valence-electron chi connectivity index (χ1n) is 3.04. The Morgan fingerprint density at radius 2 is 2.30 bits per heavy atom. The van der Waals surface area contributed by atoms with Gasteiger partial charge in [0, 0.05) is 6.42 Å².